The Kier molecular flexibility index (Phi) is 5.04. The van der Waals surface area contributed by atoms with Gasteiger partial charge in [0.2, 0.25) is 0 Å². The molecule has 0 spiro atoms. The number of rotatable bonds is 3. The molecule has 1 aliphatic heterocycles. The first kappa shape index (κ1) is 13.5. The van der Waals surface area contributed by atoms with Crippen LogP contribution in [0.5, 0.6) is 0 Å². The molecular weight excluding hydrogens is 273 g/mol. The Balaban J connectivity index is 2.00. The van der Waals surface area contributed by atoms with Gasteiger partial charge in [-0.1, -0.05) is 29.3 Å². The van der Waals surface area contributed by atoms with Crippen molar-refractivity contribution in [3.63, 3.8) is 0 Å². The predicted octanol–water partition coefficient (Wildman–Crippen LogP) is 4.54. The molecule has 2 rings (SSSR count). The van der Waals surface area contributed by atoms with Crippen LogP contribution in [-0.4, -0.2) is 17.5 Å². The van der Waals surface area contributed by atoms with Gasteiger partial charge in [-0.05, 0) is 49.0 Å². The van der Waals surface area contributed by atoms with Crippen LogP contribution in [0.15, 0.2) is 18.2 Å². The van der Waals surface area contributed by atoms with Gasteiger partial charge in [0.25, 0.3) is 0 Å². The van der Waals surface area contributed by atoms with Gasteiger partial charge in [0.05, 0.1) is 0 Å². The second-order valence-electron chi connectivity index (χ2n) is 4.44. The van der Waals surface area contributed by atoms with E-state index in [1.54, 1.807) is 0 Å². The van der Waals surface area contributed by atoms with Gasteiger partial charge in [-0.2, -0.15) is 11.8 Å². The molecule has 17 heavy (non-hydrogen) atoms. The first-order chi connectivity index (χ1) is 8.16. The van der Waals surface area contributed by atoms with Gasteiger partial charge < -0.3 is 5.32 Å². The van der Waals surface area contributed by atoms with Crippen LogP contribution in [0, 0.1) is 0 Å². The summed E-state index contributed by atoms with van der Waals surface area (Å²) in [6.07, 6.45) is 2.50. The van der Waals surface area contributed by atoms with Crippen molar-refractivity contribution in [2.24, 2.45) is 0 Å². The monoisotopic (exact) mass is 289 g/mol. The molecule has 4 heteroatoms. The van der Waals surface area contributed by atoms with E-state index < -0.39 is 0 Å². The van der Waals surface area contributed by atoms with E-state index in [2.05, 4.69) is 12.2 Å². The molecule has 0 amide bonds. The topological polar surface area (TPSA) is 12.0 Å². The molecule has 0 aromatic heterocycles. The van der Waals surface area contributed by atoms with Crippen molar-refractivity contribution in [2.45, 2.75) is 31.8 Å². The lowest BCUT2D eigenvalue weighted by molar-refractivity contribution is 0.431. The smallest absolute Gasteiger partial charge is 0.0468 e. The van der Waals surface area contributed by atoms with Crippen LogP contribution in [0.4, 0.5) is 0 Å². The molecule has 0 saturated carbocycles. The molecule has 1 saturated heterocycles. The van der Waals surface area contributed by atoms with Crippen molar-refractivity contribution in [1.82, 2.24) is 5.32 Å². The van der Waals surface area contributed by atoms with E-state index in [-0.39, 0.29) is 6.04 Å². The van der Waals surface area contributed by atoms with Gasteiger partial charge in [-0.15, -0.1) is 0 Å². The van der Waals surface area contributed by atoms with Gasteiger partial charge in [-0.25, -0.2) is 0 Å². The molecule has 0 bridgehead atoms. The highest BCUT2D eigenvalue weighted by Gasteiger charge is 2.17. The van der Waals surface area contributed by atoms with E-state index in [4.69, 9.17) is 23.2 Å². The maximum Gasteiger partial charge on any atom is 0.0468 e. The molecule has 1 aromatic carbocycles. The third kappa shape index (κ3) is 3.78. The lowest BCUT2D eigenvalue weighted by Crippen LogP contribution is -2.34. The van der Waals surface area contributed by atoms with Crippen molar-refractivity contribution in [1.29, 1.82) is 0 Å². The van der Waals surface area contributed by atoms with Crippen LogP contribution in [0.2, 0.25) is 10.0 Å². The molecule has 1 atom stereocenters. The van der Waals surface area contributed by atoms with E-state index >= 15 is 0 Å². The summed E-state index contributed by atoms with van der Waals surface area (Å²) >= 11 is 14.2. The minimum atomic E-state index is 0.285. The highest BCUT2D eigenvalue weighted by molar-refractivity contribution is 7.99. The summed E-state index contributed by atoms with van der Waals surface area (Å²) in [5.41, 5.74) is 1.13. The third-order valence-corrected chi connectivity index (χ3v) is 4.75. The number of thioether (sulfide) groups is 1. The molecule has 1 heterocycles. The molecule has 94 valence electrons. The quantitative estimate of drug-likeness (QED) is 0.877. The summed E-state index contributed by atoms with van der Waals surface area (Å²) in [4.78, 5) is 0. The van der Waals surface area contributed by atoms with Gasteiger partial charge >= 0.3 is 0 Å². The zero-order chi connectivity index (χ0) is 12.3. The second-order valence-corrected chi connectivity index (χ2v) is 6.51. The Morgan fingerprint density at radius 3 is 2.65 bits per heavy atom. The number of nitrogens with one attached hydrogen (secondary N) is 1. The average molecular weight is 290 g/mol. The van der Waals surface area contributed by atoms with Crippen LogP contribution in [-0.2, 0) is 0 Å². The van der Waals surface area contributed by atoms with Crippen molar-refractivity contribution in [3.05, 3.63) is 33.8 Å². The normalized spacial score (nSPS) is 19.2. The number of benzene rings is 1. The fourth-order valence-corrected chi connectivity index (χ4v) is 3.84. The van der Waals surface area contributed by atoms with Crippen LogP contribution >= 0.6 is 35.0 Å². The Morgan fingerprint density at radius 2 is 2.00 bits per heavy atom. The lowest BCUT2D eigenvalue weighted by atomic mass is 10.1. The van der Waals surface area contributed by atoms with Crippen LogP contribution in [0.25, 0.3) is 0 Å². The lowest BCUT2D eigenvalue weighted by Gasteiger charge is -2.27. The van der Waals surface area contributed by atoms with E-state index in [0.717, 1.165) is 10.6 Å². The highest BCUT2D eigenvalue weighted by Crippen LogP contribution is 2.27. The highest BCUT2D eigenvalue weighted by atomic mass is 35.5. The summed E-state index contributed by atoms with van der Waals surface area (Å²) in [6.45, 7) is 2.16. The molecule has 0 aliphatic carbocycles. The van der Waals surface area contributed by atoms with Crippen molar-refractivity contribution < 1.29 is 0 Å². The van der Waals surface area contributed by atoms with Crippen LogP contribution in [0.3, 0.4) is 0 Å². The Morgan fingerprint density at radius 1 is 1.29 bits per heavy atom. The minimum absolute atomic E-state index is 0.285. The van der Waals surface area contributed by atoms with Crippen molar-refractivity contribution >= 4 is 35.0 Å². The Labute approximate surface area is 117 Å². The largest absolute Gasteiger partial charge is 0.307 e. The predicted molar refractivity (Wildman–Crippen MR) is 78.4 cm³/mol. The fraction of sp³-hybridized carbons (Fsp3) is 0.538. The maximum absolute atomic E-state index is 6.21. The first-order valence-electron chi connectivity index (χ1n) is 5.95. The molecule has 1 unspecified atom stereocenters. The van der Waals surface area contributed by atoms with Crippen LogP contribution in [0.1, 0.15) is 31.4 Å². The molecule has 1 nitrogen and oxygen atoms in total. The molecule has 1 fully saturated rings. The Bertz CT molecular complexity index is 378. The molecule has 1 aromatic rings. The van der Waals surface area contributed by atoms with Crippen molar-refractivity contribution in [2.75, 3.05) is 11.5 Å². The zero-order valence-electron chi connectivity index (χ0n) is 9.88. The summed E-state index contributed by atoms with van der Waals surface area (Å²) in [5, 5.41) is 5.10. The standard InChI is InChI=1S/C13H17Cl2NS/c1-9(16-11-4-6-17-7-5-11)12-3-2-10(14)8-13(12)15/h2-3,8-9,11,16H,4-7H2,1H3. The van der Waals surface area contributed by atoms with Gasteiger partial charge in [0.1, 0.15) is 0 Å². The Hall–Kier alpha value is 0.110. The minimum Gasteiger partial charge on any atom is -0.307 e. The van der Waals surface area contributed by atoms with Gasteiger partial charge in [-0.3, -0.25) is 0 Å². The van der Waals surface area contributed by atoms with Crippen LogP contribution < -0.4 is 5.32 Å². The summed E-state index contributed by atoms with van der Waals surface area (Å²) in [7, 11) is 0. The van der Waals surface area contributed by atoms with E-state index in [1.165, 1.54) is 24.3 Å². The third-order valence-electron chi connectivity index (χ3n) is 3.14. The van der Waals surface area contributed by atoms with Gasteiger partial charge in [0, 0.05) is 22.1 Å². The second kappa shape index (κ2) is 6.33. The number of hydrogen-bond acceptors (Lipinski definition) is 2. The van der Waals surface area contributed by atoms with Gasteiger partial charge in [0.15, 0.2) is 0 Å². The molecular formula is C13H17Cl2NS. The molecule has 0 radical (unpaired) electrons. The number of halogens is 2. The van der Waals surface area contributed by atoms with E-state index in [9.17, 15) is 0 Å². The SMILES string of the molecule is CC(NC1CCSCC1)c1ccc(Cl)cc1Cl. The van der Waals surface area contributed by atoms with Crippen molar-refractivity contribution in [3.8, 4) is 0 Å². The molecule has 1 N–H and O–H groups in total. The molecule has 1 aliphatic rings. The maximum atomic E-state index is 6.21. The average Bonchev–Trinajstić information content (AvgIpc) is 2.30. The fourth-order valence-electron chi connectivity index (χ4n) is 2.16. The van der Waals surface area contributed by atoms with E-state index in [0.29, 0.717) is 11.1 Å². The summed E-state index contributed by atoms with van der Waals surface area (Å²) in [6, 6.07) is 6.64. The first-order valence-corrected chi connectivity index (χ1v) is 7.86. The zero-order valence-corrected chi connectivity index (χ0v) is 12.2. The summed E-state index contributed by atoms with van der Waals surface area (Å²) < 4.78 is 0. The summed E-state index contributed by atoms with van der Waals surface area (Å²) in [5.74, 6) is 2.53. The number of hydrogen-bond donors (Lipinski definition) is 1. The van der Waals surface area contributed by atoms with E-state index in [1.807, 2.05) is 30.0 Å².